The molecule has 1 aromatic rings. The van der Waals surface area contributed by atoms with Crippen LogP contribution in [0.25, 0.3) is 0 Å². The maximum absolute atomic E-state index is 5.10. The maximum atomic E-state index is 5.10. The quantitative estimate of drug-likeness (QED) is 0.516. The molecule has 0 heterocycles. The minimum absolute atomic E-state index is 0. The van der Waals surface area contributed by atoms with Crippen molar-refractivity contribution in [3.8, 4) is 5.75 Å². The van der Waals surface area contributed by atoms with Gasteiger partial charge in [0.1, 0.15) is 11.5 Å². The summed E-state index contributed by atoms with van der Waals surface area (Å²) in [6.45, 7) is 0. The molecule has 0 bridgehead atoms. The molecular formula is C11H17IOS. The first-order chi connectivity index (χ1) is 6.22. The van der Waals surface area contributed by atoms with E-state index in [-0.39, 0.29) is 24.0 Å². The molecule has 0 saturated carbocycles. The third kappa shape index (κ3) is 5.10. The predicted octanol–water partition coefficient (Wildman–Crippen LogP) is -0.880. The minimum atomic E-state index is 0. The number of rotatable bonds is 4. The van der Waals surface area contributed by atoms with Gasteiger partial charge in [-0.05, 0) is 28.6 Å². The Morgan fingerprint density at radius 3 is 2.14 bits per heavy atom. The van der Waals surface area contributed by atoms with E-state index in [2.05, 4.69) is 24.6 Å². The summed E-state index contributed by atoms with van der Waals surface area (Å²) in [5, 5.41) is 0. The van der Waals surface area contributed by atoms with Crippen molar-refractivity contribution in [2.24, 2.45) is 0 Å². The molecule has 80 valence electrons. The first-order valence-corrected chi connectivity index (χ1v) is 6.60. The third-order valence-electron chi connectivity index (χ3n) is 1.96. The number of benzene rings is 1. The van der Waals surface area contributed by atoms with Crippen molar-refractivity contribution in [3.63, 3.8) is 0 Å². The molecule has 0 aliphatic heterocycles. The van der Waals surface area contributed by atoms with Crippen molar-refractivity contribution in [2.75, 3.05) is 25.4 Å². The summed E-state index contributed by atoms with van der Waals surface area (Å²) in [5.41, 5.74) is 1.40. The van der Waals surface area contributed by atoms with Gasteiger partial charge in [-0.25, -0.2) is 0 Å². The van der Waals surface area contributed by atoms with Crippen LogP contribution in [-0.4, -0.2) is 25.4 Å². The van der Waals surface area contributed by atoms with Gasteiger partial charge in [-0.3, -0.25) is 0 Å². The molecule has 0 radical (unpaired) electrons. The minimum Gasteiger partial charge on any atom is -1.00 e. The Labute approximate surface area is 107 Å². The molecule has 0 spiro atoms. The third-order valence-corrected chi connectivity index (χ3v) is 2.98. The summed E-state index contributed by atoms with van der Waals surface area (Å²) < 4.78 is 5.10. The molecule has 1 rings (SSSR count). The van der Waals surface area contributed by atoms with Crippen molar-refractivity contribution in [3.05, 3.63) is 29.8 Å². The monoisotopic (exact) mass is 324 g/mol. The van der Waals surface area contributed by atoms with Gasteiger partial charge in [0.15, 0.2) is 0 Å². The lowest BCUT2D eigenvalue weighted by Crippen LogP contribution is -3.00. The predicted molar refractivity (Wildman–Crippen MR) is 60.8 cm³/mol. The number of methoxy groups -OCH3 is 1. The Morgan fingerprint density at radius 2 is 1.71 bits per heavy atom. The zero-order valence-electron chi connectivity index (χ0n) is 8.92. The molecule has 0 saturated heterocycles. The van der Waals surface area contributed by atoms with Crippen LogP contribution in [0.4, 0.5) is 0 Å². The number of ether oxygens (including phenoxy) is 1. The highest BCUT2D eigenvalue weighted by Gasteiger charge is 2.02. The van der Waals surface area contributed by atoms with Crippen LogP contribution in [0.15, 0.2) is 24.3 Å². The van der Waals surface area contributed by atoms with Crippen LogP contribution >= 0.6 is 0 Å². The molecular weight excluding hydrogens is 307 g/mol. The van der Waals surface area contributed by atoms with Crippen molar-refractivity contribution < 1.29 is 28.7 Å². The van der Waals surface area contributed by atoms with E-state index in [1.165, 1.54) is 17.7 Å². The molecule has 1 nitrogen and oxygen atoms in total. The molecule has 0 atom stereocenters. The zero-order valence-corrected chi connectivity index (χ0v) is 11.9. The fourth-order valence-corrected chi connectivity index (χ4v) is 1.76. The van der Waals surface area contributed by atoms with E-state index in [0.29, 0.717) is 10.9 Å². The Bertz CT molecular complexity index is 246. The highest BCUT2D eigenvalue weighted by molar-refractivity contribution is 7.95. The number of aryl methyl sites for hydroxylation is 1. The standard InChI is InChI=1S/C11H17OS.HI/c1-12-11-6-4-10(5-7-11)8-9-13(2)3;/h4-7H,8-9H2,1-3H3;1H/q+1;/p-1. The van der Waals surface area contributed by atoms with Crippen LogP contribution in [0.5, 0.6) is 5.75 Å². The first-order valence-electron chi connectivity index (χ1n) is 4.39. The second kappa shape index (κ2) is 7.40. The lowest BCUT2D eigenvalue weighted by atomic mass is 10.2. The molecule has 0 aliphatic carbocycles. The maximum Gasteiger partial charge on any atom is 0.118 e. The van der Waals surface area contributed by atoms with E-state index in [9.17, 15) is 0 Å². The molecule has 0 N–H and O–H groups in total. The van der Waals surface area contributed by atoms with E-state index in [1.807, 2.05) is 12.1 Å². The van der Waals surface area contributed by atoms with Crippen LogP contribution in [0.2, 0.25) is 0 Å². The van der Waals surface area contributed by atoms with E-state index < -0.39 is 0 Å². The Kier molecular flexibility index (Phi) is 7.45. The van der Waals surface area contributed by atoms with E-state index in [4.69, 9.17) is 4.74 Å². The molecule has 0 amide bonds. The van der Waals surface area contributed by atoms with Gasteiger partial charge >= 0.3 is 0 Å². The van der Waals surface area contributed by atoms with Crippen LogP contribution in [-0.2, 0) is 17.3 Å². The summed E-state index contributed by atoms with van der Waals surface area (Å²) in [6.07, 6.45) is 5.74. The van der Waals surface area contributed by atoms with E-state index >= 15 is 0 Å². The summed E-state index contributed by atoms with van der Waals surface area (Å²) >= 11 is 0. The molecule has 14 heavy (non-hydrogen) atoms. The summed E-state index contributed by atoms with van der Waals surface area (Å²) in [4.78, 5) is 0. The fourth-order valence-electron chi connectivity index (χ4n) is 1.11. The van der Waals surface area contributed by atoms with Gasteiger partial charge in [0, 0.05) is 6.42 Å². The van der Waals surface area contributed by atoms with Crippen molar-refractivity contribution in [1.29, 1.82) is 0 Å². The van der Waals surface area contributed by atoms with Gasteiger partial charge in [0.2, 0.25) is 0 Å². The average molecular weight is 324 g/mol. The average Bonchev–Trinajstić information content (AvgIpc) is 2.15. The van der Waals surface area contributed by atoms with E-state index in [0.717, 1.165) is 5.75 Å². The van der Waals surface area contributed by atoms with Crippen LogP contribution in [0, 0.1) is 0 Å². The molecule has 1 aromatic carbocycles. The highest BCUT2D eigenvalue weighted by atomic mass is 127. The molecule has 3 heteroatoms. The lowest BCUT2D eigenvalue weighted by Gasteiger charge is -2.01. The zero-order chi connectivity index (χ0) is 9.68. The van der Waals surface area contributed by atoms with Gasteiger partial charge in [-0.15, -0.1) is 0 Å². The van der Waals surface area contributed by atoms with Crippen molar-refractivity contribution in [1.82, 2.24) is 0 Å². The van der Waals surface area contributed by atoms with Gasteiger partial charge in [0.25, 0.3) is 0 Å². The summed E-state index contributed by atoms with van der Waals surface area (Å²) in [5.74, 6) is 2.22. The topological polar surface area (TPSA) is 9.23 Å². The second-order valence-electron chi connectivity index (χ2n) is 3.29. The van der Waals surface area contributed by atoms with Gasteiger partial charge < -0.3 is 28.7 Å². The Morgan fingerprint density at radius 1 is 1.14 bits per heavy atom. The summed E-state index contributed by atoms with van der Waals surface area (Å²) in [6, 6.07) is 8.34. The van der Waals surface area contributed by atoms with Crippen LogP contribution in [0.1, 0.15) is 5.56 Å². The summed E-state index contributed by atoms with van der Waals surface area (Å²) in [7, 11) is 2.24. The number of hydrogen-bond donors (Lipinski definition) is 0. The largest absolute Gasteiger partial charge is 1.00 e. The van der Waals surface area contributed by atoms with Gasteiger partial charge in [-0.2, -0.15) is 0 Å². The highest BCUT2D eigenvalue weighted by Crippen LogP contribution is 2.11. The van der Waals surface area contributed by atoms with E-state index in [1.54, 1.807) is 7.11 Å². The van der Waals surface area contributed by atoms with Crippen LogP contribution in [0.3, 0.4) is 0 Å². The van der Waals surface area contributed by atoms with Crippen LogP contribution < -0.4 is 28.7 Å². The smallest absolute Gasteiger partial charge is 0.118 e. The molecule has 0 aliphatic rings. The molecule has 0 aromatic heterocycles. The molecule has 0 unspecified atom stereocenters. The SMILES string of the molecule is COc1ccc(CC[S+](C)C)cc1.[I-]. The van der Waals surface area contributed by atoms with Crippen molar-refractivity contribution >= 4 is 10.9 Å². The first kappa shape index (κ1) is 14.1. The van der Waals surface area contributed by atoms with Gasteiger partial charge in [0.05, 0.1) is 19.6 Å². The molecule has 0 fully saturated rings. The second-order valence-corrected chi connectivity index (χ2v) is 5.67. The fraction of sp³-hybridized carbons (Fsp3) is 0.455. The number of hydrogen-bond acceptors (Lipinski definition) is 1. The van der Waals surface area contributed by atoms with Crippen molar-refractivity contribution in [2.45, 2.75) is 6.42 Å². The Balaban J connectivity index is 0.00000169. The lowest BCUT2D eigenvalue weighted by molar-refractivity contribution is -0.00000314. The Hall–Kier alpha value is 0.1000. The van der Waals surface area contributed by atoms with Gasteiger partial charge in [-0.1, -0.05) is 12.1 Å². The number of halogens is 1. The normalized spacial score (nSPS) is 9.71.